The van der Waals surface area contributed by atoms with Crippen molar-refractivity contribution in [1.29, 1.82) is 0 Å². The van der Waals surface area contributed by atoms with Crippen LogP contribution in [0.15, 0.2) is 12.1 Å². The van der Waals surface area contributed by atoms with E-state index in [0.29, 0.717) is 24.8 Å². The van der Waals surface area contributed by atoms with Crippen molar-refractivity contribution < 1.29 is 32.3 Å². The van der Waals surface area contributed by atoms with E-state index in [2.05, 4.69) is 5.32 Å². The van der Waals surface area contributed by atoms with E-state index < -0.39 is 52.7 Å². The average Bonchev–Trinajstić information content (AvgIpc) is 3.25. The second kappa shape index (κ2) is 12.3. The molecule has 184 valence electrons. The highest BCUT2D eigenvalue weighted by atomic mass is 32.2. The molecule has 1 saturated heterocycles. The summed E-state index contributed by atoms with van der Waals surface area (Å²) in [5.41, 5.74) is 5.83. The van der Waals surface area contributed by atoms with Gasteiger partial charge in [0.25, 0.3) is 5.91 Å². The Morgan fingerprint density at radius 3 is 2.52 bits per heavy atom. The van der Waals surface area contributed by atoms with Crippen molar-refractivity contribution >= 4 is 29.5 Å². The van der Waals surface area contributed by atoms with E-state index >= 15 is 0 Å². The Bertz CT molecular complexity index is 874. The molecule has 1 aromatic carbocycles. The smallest absolute Gasteiger partial charge is 0.328 e. The highest BCUT2D eigenvalue weighted by Gasteiger charge is 2.38. The highest BCUT2D eigenvalue weighted by Crippen LogP contribution is 2.26. The van der Waals surface area contributed by atoms with Gasteiger partial charge in [0.15, 0.2) is 17.0 Å². The molecule has 33 heavy (non-hydrogen) atoms. The first-order chi connectivity index (χ1) is 15.6. The van der Waals surface area contributed by atoms with E-state index in [1.165, 1.54) is 16.7 Å². The Morgan fingerprint density at radius 1 is 1.21 bits per heavy atom. The molecule has 0 spiro atoms. The molecule has 1 unspecified atom stereocenters. The summed E-state index contributed by atoms with van der Waals surface area (Å²) in [5.74, 6) is -4.53. The van der Waals surface area contributed by atoms with Crippen LogP contribution in [0.5, 0.6) is 0 Å². The number of hydrogen-bond acceptors (Lipinski definition) is 6. The largest absolute Gasteiger partial charge is 0.464 e. The molecule has 0 aliphatic carbocycles. The van der Waals surface area contributed by atoms with Crippen LogP contribution in [0.4, 0.5) is 13.2 Å². The summed E-state index contributed by atoms with van der Waals surface area (Å²) in [6, 6.07) is -0.534. The third kappa shape index (κ3) is 7.10. The van der Waals surface area contributed by atoms with E-state index in [0.717, 1.165) is 6.07 Å². The van der Waals surface area contributed by atoms with Crippen LogP contribution >= 0.6 is 11.8 Å². The molecule has 0 aromatic heterocycles. The Kier molecular flexibility index (Phi) is 10.0. The third-order valence-electron chi connectivity index (χ3n) is 5.50. The summed E-state index contributed by atoms with van der Waals surface area (Å²) in [4.78, 5) is 39.4. The predicted octanol–water partition coefficient (Wildman–Crippen LogP) is 2.36. The van der Waals surface area contributed by atoms with Crippen LogP contribution in [-0.2, 0) is 25.5 Å². The number of carbonyl (C=O) groups excluding carboxylic acids is 3. The van der Waals surface area contributed by atoms with Gasteiger partial charge in [-0.2, -0.15) is 0 Å². The second-order valence-electron chi connectivity index (χ2n) is 7.96. The first-order valence-electron chi connectivity index (χ1n) is 10.9. The molecule has 1 aliphatic rings. The van der Waals surface area contributed by atoms with Crippen LogP contribution in [0.2, 0.25) is 0 Å². The number of benzene rings is 1. The Labute approximate surface area is 195 Å². The van der Waals surface area contributed by atoms with Crippen molar-refractivity contribution in [2.45, 2.75) is 57.5 Å². The van der Waals surface area contributed by atoms with Crippen LogP contribution in [0.25, 0.3) is 0 Å². The molecule has 7 nitrogen and oxygen atoms in total. The lowest BCUT2D eigenvalue weighted by Gasteiger charge is -2.28. The molecule has 11 heteroatoms. The van der Waals surface area contributed by atoms with Gasteiger partial charge >= 0.3 is 5.97 Å². The predicted molar refractivity (Wildman–Crippen MR) is 119 cm³/mol. The fourth-order valence-corrected chi connectivity index (χ4v) is 4.63. The van der Waals surface area contributed by atoms with Gasteiger partial charge in [-0.05, 0) is 30.9 Å². The molecule has 2 amide bonds. The van der Waals surface area contributed by atoms with E-state index in [1.807, 2.05) is 13.8 Å². The fraction of sp³-hybridized carbons (Fsp3) is 0.591. The van der Waals surface area contributed by atoms with Gasteiger partial charge in [-0.1, -0.05) is 20.3 Å². The normalized spacial score (nSPS) is 18.5. The maximum absolute atomic E-state index is 13.9. The zero-order valence-electron chi connectivity index (χ0n) is 18.9. The van der Waals surface area contributed by atoms with Crippen molar-refractivity contribution in [3.63, 3.8) is 0 Å². The van der Waals surface area contributed by atoms with Gasteiger partial charge in [0.05, 0.1) is 6.61 Å². The number of halogens is 3. The molecule has 1 heterocycles. The molecule has 1 aliphatic heterocycles. The molecule has 0 saturated carbocycles. The Balaban J connectivity index is 2.03. The van der Waals surface area contributed by atoms with Gasteiger partial charge in [-0.3, -0.25) is 9.59 Å². The molecule has 2 rings (SSSR count). The number of nitrogens with zero attached hydrogens (tertiary/aromatic N) is 1. The van der Waals surface area contributed by atoms with Crippen molar-refractivity contribution in [1.82, 2.24) is 10.2 Å². The molecular weight excluding hydrogens is 459 g/mol. The van der Waals surface area contributed by atoms with Crippen LogP contribution in [-0.4, -0.2) is 59.0 Å². The summed E-state index contributed by atoms with van der Waals surface area (Å²) >= 11 is 1.26. The number of rotatable bonds is 10. The lowest BCUT2D eigenvalue weighted by molar-refractivity contribution is -0.149. The minimum absolute atomic E-state index is 0.134. The van der Waals surface area contributed by atoms with Gasteiger partial charge in [-0.25, -0.2) is 18.0 Å². The number of carbonyl (C=O) groups is 3. The van der Waals surface area contributed by atoms with Gasteiger partial charge in [0.1, 0.15) is 11.9 Å². The van der Waals surface area contributed by atoms with Crippen molar-refractivity contribution in [2.75, 3.05) is 18.9 Å². The van der Waals surface area contributed by atoms with Crippen molar-refractivity contribution in [3.05, 3.63) is 35.1 Å². The maximum atomic E-state index is 13.9. The quantitative estimate of drug-likeness (QED) is 0.387. The molecular formula is C22H30F3N3O4S. The SMILES string of the molecule is CCOC(=O)[C@@H](NC(=O)C1SCCN1C(=O)C[C@H](N)Cc1cc(F)c(F)cc1F)[C@@H](C)CC. The third-order valence-corrected chi connectivity index (χ3v) is 6.70. The zero-order valence-corrected chi connectivity index (χ0v) is 19.7. The van der Waals surface area contributed by atoms with Crippen molar-refractivity contribution in [3.8, 4) is 0 Å². The van der Waals surface area contributed by atoms with Gasteiger partial charge in [-0.15, -0.1) is 11.8 Å². The molecule has 1 aromatic rings. The highest BCUT2D eigenvalue weighted by molar-refractivity contribution is 8.00. The number of ether oxygens (including phenoxy) is 1. The first-order valence-corrected chi connectivity index (χ1v) is 11.9. The lowest BCUT2D eigenvalue weighted by atomic mass is 9.99. The molecule has 0 bridgehead atoms. The Morgan fingerprint density at radius 2 is 1.88 bits per heavy atom. The van der Waals surface area contributed by atoms with Gasteiger partial charge < -0.3 is 20.7 Å². The number of thioether (sulfide) groups is 1. The number of nitrogens with one attached hydrogen (secondary N) is 1. The minimum Gasteiger partial charge on any atom is -0.464 e. The molecule has 3 N–H and O–H groups in total. The van der Waals surface area contributed by atoms with Gasteiger partial charge in [0, 0.05) is 30.8 Å². The van der Waals surface area contributed by atoms with Crippen LogP contribution in [0.1, 0.15) is 39.2 Å². The lowest BCUT2D eigenvalue weighted by Crippen LogP contribution is -2.52. The van der Waals surface area contributed by atoms with Crippen LogP contribution in [0.3, 0.4) is 0 Å². The van der Waals surface area contributed by atoms with E-state index in [9.17, 15) is 27.6 Å². The number of nitrogens with two attached hydrogens (primary N) is 1. The van der Waals surface area contributed by atoms with E-state index in [4.69, 9.17) is 10.5 Å². The average molecular weight is 490 g/mol. The maximum Gasteiger partial charge on any atom is 0.328 e. The zero-order chi connectivity index (χ0) is 24.7. The first kappa shape index (κ1) is 27.0. The topological polar surface area (TPSA) is 102 Å². The van der Waals surface area contributed by atoms with Crippen LogP contribution in [0, 0.1) is 23.4 Å². The summed E-state index contributed by atoms with van der Waals surface area (Å²) in [6.45, 7) is 5.88. The summed E-state index contributed by atoms with van der Waals surface area (Å²) in [6.07, 6.45) is 0.251. The van der Waals surface area contributed by atoms with Crippen molar-refractivity contribution in [2.24, 2.45) is 11.7 Å². The van der Waals surface area contributed by atoms with Gasteiger partial charge in [0.2, 0.25) is 5.91 Å². The molecule has 0 radical (unpaired) electrons. The monoisotopic (exact) mass is 489 g/mol. The van der Waals surface area contributed by atoms with E-state index in [1.54, 1.807) is 6.92 Å². The summed E-state index contributed by atoms with van der Waals surface area (Å²) < 4.78 is 45.5. The minimum atomic E-state index is -1.30. The number of esters is 1. The number of hydrogen-bond donors (Lipinski definition) is 2. The Hall–Kier alpha value is -2.27. The summed E-state index contributed by atoms with van der Waals surface area (Å²) in [7, 11) is 0. The standard InChI is InChI=1S/C22H30F3N3O4S/c1-4-12(3)19(22(31)32-5-2)27-20(30)21-28(6-7-33-21)18(29)10-14(26)8-13-9-16(24)17(25)11-15(13)23/h9,11-12,14,19,21H,4-8,10,26H2,1-3H3,(H,27,30)/t12-,14+,19-,21?/m0/s1. The number of amides is 2. The second-order valence-corrected chi connectivity index (χ2v) is 9.15. The fourth-order valence-electron chi connectivity index (χ4n) is 3.48. The molecule has 1 fully saturated rings. The summed E-state index contributed by atoms with van der Waals surface area (Å²) in [5, 5.41) is 1.86. The van der Waals surface area contributed by atoms with E-state index in [-0.39, 0.29) is 30.9 Å². The van der Waals surface area contributed by atoms with Crippen LogP contribution < -0.4 is 11.1 Å². The molecule has 4 atom stereocenters.